The van der Waals surface area contributed by atoms with Crippen molar-refractivity contribution >= 4 is 16.9 Å². The van der Waals surface area contributed by atoms with Gasteiger partial charge in [0, 0.05) is 29.6 Å². The Balaban J connectivity index is 1.55. The Morgan fingerprint density at radius 2 is 1.60 bits per heavy atom. The number of rotatable bonds is 11. The van der Waals surface area contributed by atoms with Crippen molar-refractivity contribution in [3.05, 3.63) is 89.1 Å². The fraction of sp³-hybridized carbons (Fsp3) is 0.250. The smallest absolute Gasteiger partial charge is 0.352 e. The van der Waals surface area contributed by atoms with Gasteiger partial charge >= 0.3 is 5.97 Å². The lowest BCUT2D eigenvalue weighted by Crippen LogP contribution is -2.19. The summed E-state index contributed by atoms with van der Waals surface area (Å²) in [6.45, 7) is 1.59. The van der Waals surface area contributed by atoms with Crippen molar-refractivity contribution in [3.63, 3.8) is 0 Å². The predicted octanol–water partition coefficient (Wildman–Crippen LogP) is 4.75. The number of hydrogen-bond acceptors (Lipinski definition) is 5. The number of fused-ring (bicyclic) bond motifs is 1. The first-order valence-corrected chi connectivity index (χ1v) is 11.4. The lowest BCUT2D eigenvalue weighted by atomic mass is 10.1. The zero-order chi connectivity index (χ0) is 24.8. The second-order valence-corrected chi connectivity index (χ2v) is 8.20. The molecule has 4 rings (SSSR count). The average Bonchev–Trinajstić information content (AvgIpc) is 3.20. The Labute approximate surface area is 204 Å². The molecule has 0 atom stereocenters. The number of para-hydroxylation sites is 1. The molecule has 0 aliphatic rings. The average molecular weight is 475 g/mol. The Morgan fingerprint density at radius 3 is 2.29 bits per heavy atom. The van der Waals surface area contributed by atoms with E-state index in [0.29, 0.717) is 36.8 Å². The van der Waals surface area contributed by atoms with Crippen LogP contribution in [-0.2, 0) is 19.5 Å². The molecule has 0 bridgehead atoms. The van der Waals surface area contributed by atoms with Gasteiger partial charge in [-0.3, -0.25) is 0 Å². The van der Waals surface area contributed by atoms with Crippen molar-refractivity contribution in [1.29, 1.82) is 0 Å². The molecule has 0 radical (unpaired) electrons. The number of ether oxygens (including phenoxy) is 3. The van der Waals surface area contributed by atoms with Crippen LogP contribution in [-0.4, -0.2) is 43.5 Å². The summed E-state index contributed by atoms with van der Waals surface area (Å²) >= 11 is 0. The highest BCUT2D eigenvalue weighted by atomic mass is 16.5. The van der Waals surface area contributed by atoms with E-state index in [1.54, 1.807) is 21.3 Å². The summed E-state index contributed by atoms with van der Waals surface area (Å²) in [6.07, 6.45) is 0.771. The van der Waals surface area contributed by atoms with Crippen molar-refractivity contribution in [1.82, 2.24) is 9.88 Å². The summed E-state index contributed by atoms with van der Waals surface area (Å²) in [6, 6.07) is 21.4. The van der Waals surface area contributed by atoms with Crippen LogP contribution in [0.1, 0.15) is 27.2 Å². The van der Waals surface area contributed by atoms with Gasteiger partial charge < -0.3 is 29.2 Å². The maximum atomic E-state index is 12.4. The van der Waals surface area contributed by atoms with Gasteiger partial charge in [0.2, 0.25) is 0 Å². The first kappa shape index (κ1) is 24.2. The molecule has 0 saturated heterocycles. The lowest BCUT2D eigenvalue weighted by Gasteiger charge is -2.11. The standard InChI is InChI=1S/C28H30N2O5/c1-33-21-11-8-20(9-12-21)18-30-24-7-5-4-6-22(24)23(27(30)28(31)32)17-29-15-14-19-10-13-25(34-2)26(16-19)35-3/h4-13,16,29H,14-15,17-18H2,1-3H3,(H,31,32). The molecule has 182 valence electrons. The minimum atomic E-state index is -0.939. The fourth-order valence-corrected chi connectivity index (χ4v) is 4.36. The molecular formula is C28H30N2O5. The molecule has 0 unspecified atom stereocenters. The highest BCUT2D eigenvalue weighted by Gasteiger charge is 2.22. The van der Waals surface area contributed by atoms with Crippen LogP contribution in [0, 0.1) is 0 Å². The Hall–Kier alpha value is -3.97. The number of nitrogens with one attached hydrogen (secondary N) is 1. The number of carbonyl (C=O) groups is 1. The van der Waals surface area contributed by atoms with E-state index in [0.717, 1.165) is 39.8 Å². The monoisotopic (exact) mass is 474 g/mol. The van der Waals surface area contributed by atoms with Crippen LogP contribution in [0.15, 0.2) is 66.7 Å². The van der Waals surface area contributed by atoms with Gasteiger partial charge in [-0.05, 0) is 54.4 Å². The first-order chi connectivity index (χ1) is 17.0. The van der Waals surface area contributed by atoms with E-state index in [4.69, 9.17) is 14.2 Å². The maximum Gasteiger partial charge on any atom is 0.352 e. The molecule has 0 fully saturated rings. The van der Waals surface area contributed by atoms with Crippen LogP contribution in [0.5, 0.6) is 17.2 Å². The third-order valence-corrected chi connectivity index (χ3v) is 6.12. The van der Waals surface area contributed by atoms with Gasteiger partial charge in [0.1, 0.15) is 11.4 Å². The number of carboxylic acid groups (broad SMARTS) is 1. The Bertz CT molecular complexity index is 1310. The van der Waals surface area contributed by atoms with Crippen molar-refractivity contribution in [2.45, 2.75) is 19.5 Å². The van der Waals surface area contributed by atoms with Crippen LogP contribution in [0.3, 0.4) is 0 Å². The molecule has 0 aliphatic carbocycles. The Morgan fingerprint density at radius 1 is 0.886 bits per heavy atom. The van der Waals surface area contributed by atoms with Crippen molar-refractivity contribution in [2.24, 2.45) is 0 Å². The van der Waals surface area contributed by atoms with Crippen LogP contribution in [0.25, 0.3) is 10.9 Å². The van der Waals surface area contributed by atoms with Crippen LogP contribution in [0.2, 0.25) is 0 Å². The topological polar surface area (TPSA) is 82.0 Å². The van der Waals surface area contributed by atoms with E-state index in [-0.39, 0.29) is 0 Å². The summed E-state index contributed by atoms with van der Waals surface area (Å²) in [4.78, 5) is 12.4. The number of aromatic carboxylic acids is 1. The number of methoxy groups -OCH3 is 3. The number of aromatic nitrogens is 1. The molecule has 0 saturated carbocycles. The van der Waals surface area contributed by atoms with Gasteiger partial charge in [-0.25, -0.2) is 4.79 Å². The molecule has 0 amide bonds. The molecule has 2 N–H and O–H groups in total. The van der Waals surface area contributed by atoms with Gasteiger partial charge in [0.15, 0.2) is 11.5 Å². The van der Waals surface area contributed by atoms with E-state index >= 15 is 0 Å². The summed E-state index contributed by atoms with van der Waals surface area (Å²) in [5.74, 6) is 1.22. The molecule has 3 aromatic carbocycles. The number of benzene rings is 3. The van der Waals surface area contributed by atoms with Gasteiger partial charge in [0.25, 0.3) is 0 Å². The van der Waals surface area contributed by atoms with Crippen LogP contribution >= 0.6 is 0 Å². The minimum Gasteiger partial charge on any atom is -0.497 e. The van der Waals surface area contributed by atoms with Crippen molar-refractivity contribution < 1.29 is 24.1 Å². The molecule has 1 heterocycles. The van der Waals surface area contributed by atoms with Gasteiger partial charge in [-0.1, -0.05) is 36.4 Å². The molecule has 1 aromatic heterocycles. The summed E-state index contributed by atoms with van der Waals surface area (Å²) in [5.41, 5.74) is 4.10. The minimum absolute atomic E-state index is 0.306. The summed E-state index contributed by atoms with van der Waals surface area (Å²) in [7, 11) is 4.86. The molecular weight excluding hydrogens is 444 g/mol. The predicted molar refractivity (Wildman–Crippen MR) is 136 cm³/mol. The summed E-state index contributed by atoms with van der Waals surface area (Å²) < 4.78 is 17.8. The number of carboxylic acids is 1. The fourth-order valence-electron chi connectivity index (χ4n) is 4.36. The maximum absolute atomic E-state index is 12.4. The van der Waals surface area contributed by atoms with E-state index < -0.39 is 5.97 Å². The Kier molecular flexibility index (Phi) is 7.57. The largest absolute Gasteiger partial charge is 0.497 e. The molecule has 7 nitrogen and oxygen atoms in total. The van der Waals surface area contributed by atoms with Crippen LogP contribution in [0.4, 0.5) is 0 Å². The van der Waals surface area contributed by atoms with Gasteiger partial charge in [0.05, 0.1) is 21.3 Å². The number of hydrogen-bond donors (Lipinski definition) is 2. The molecule has 4 aromatic rings. The molecule has 35 heavy (non-hydrogen) atoms. The highest BCUT2D eigenvalue weighted by Crippen LogP contribution is 2.29. The molecule has 7 heteroatoms. The van der Waals surface area contributed by atoms with E-state index in [2.05, 4.69) is 5.32 Å². The third kappa shape index (κ3) is 5.25. The zero-order valence-corrected chi connectivity index (χ0v) is 20.2. The van der Waals surface area contributed by atoms with Gasteiger partial charge in [-0.2, -0.15) is 0 Å². The normalized spacial score (nSPS) is 10.9. The zero-order valence-electron chi connectivity index (χ0n) is 20.2. The second-order valence-electron chi connectivity index (χ2n) is 8.20. The van der Waals surface area contributed by atoms with Crippen molar-refractivity contribution in [2.75, 3.05) is 27.9 Å². The SMILES string of the molecule is COc1ccc(Cn2c(C(=O)O)c(CNCCc3ccc(OC)c(OC)c3)c3ccccc32)cc1. The molecule has 0 spiro atoms. The van der Waals surface area contributed by atoms with E-state index in [9.17, 15) is 9.90 Å². The van der Waals surface area contributed by atoms with Crippen molar-refractivity contribution in [3.8, 4) is 17.2 Å². The summed E-state index contributed by atoms with van der Waals surface area (Å²) in [5, 5.41) is 14.5. The third-order valence-electron chi connectivity index (χ3n) is 6.12. The highest BCUT2D eigenvalue weighted by molar-refractivity contribution is 5.98. The van der Waals surface area contributed by atoms with Crippen LogP contribution < -0.4 is 19.5 Å². The lowest BCUT2D eigenvalue weighted by molar-refractivity contribution is 0.0684. The van der Waals surface area contributed by atoms with E-state index in [1.807, 2.05) is 71.3 Å². The second kappa shape index (κ2) is 11.0. The molecule has 0 aliphatic heterocycles. The van der Waals surface area contributed by atoms with E-state index in [1.165, 1.54) is 0 Å². The quantitative estimate of drug-likeness (QED) is 0.306. The van der Waals surface area contributed by atoms with Gasteiger partial charge in [-0.15, -0.1) is 0 Å². The number of nitrogens with zero attached hydrogens (tertiary/aromatic N) is 1. The first-order valence-electron chi connectivity index (χ1n) is 11.4.